The molecule has 1 spiro atoms. The van der Waals surface area contributed by atoms with E-state index in [4.69, 9.17) is 4.74 Å². The summed E-state index contributed by atoms with van der Waals surface area (Å²) >= 11 is 0. The Labute approximate surface area is 204 Å². The fourth-order valence-electron chi connectivity index (χ4n) is 5.48. The summed E-state index contributed by atoms with van der Waals surface area (Å²) in [6, 6.07) is 16.7. The summed E-state index contributed by atoms with van der Waals surface area (Å²) < 4.78 is 7.52. The molecule has 7 heteroatoms. The molecule has 180 valence electrons. The van der Waals surface area contributed by atoms with E-state index < -0.39 is 11.6 Å². The van der Waals surface area contributed by atoms with E-state index in [1.165, 1.54) is 0 Å². The number of imide groups is 1. The summed E-state index contributed by atoms with van der Waals surface area (Å²) in [4.78, 5) is 40.9. The van der Waals surface area contributed by atoms with Crippen LogP contribution in [-0.4, -0.2) is 40.3 Å². The molecule has 3 amide bonds. The fraction of sp³-hybridized carbons (Fsp3) is 0.321. The molecular weight excluding hydrogens is 442 g/mol. The van der Waals surface area contributed by atoms with Gasteiger partial charge in [-0.25, -0.2) is 4.79 Å². The van der Waals surface area contributed by atoms with Gasteiger partial charge in [0, 0.05) is 22.6 Å². The van der Waals surface area contributed by atoms with Crippen molar-refractivity contribution in [1.82, 2.24) is 14.8 Å². The molecule has 1 fully saturated rings. The molecule has 2 aliphatic rings. The number of hydrogen-bond acceptors (Lipinski definition) is 4. The molecule has 2 aromatic carbocycles. The smallest absolute Gasteiger partial charge is 0.325 e. The van der Waals surface area contributed by atoms with Crippen LogP contribution in [0.4, 0.5) is 4.79 Å². The van der Waals surface area contributed by atoms with Crippen molar-refractivity contribution in [2.24, 2.45) is 0 Å². The zero-order valence-corrected chi connectivity index (χ0v) is 20.3. The second-order valence-corrected chi connectivity index (χ2v) is 9.21. The van der Waals surface area contributed by atoms with Gasteiger partial charge in [-0.15, -0.1) is 0 Å². The maximum absolute atomic E-state index is 13.6. The number of hydrogen-bond donors (Lipinski definition) is 1. The van der Waals surface area contributed by atoms with E-state index in [9.17, 15) is 14.4 Å². The summed E-state index contributed by atoms with van der Waals surface area (Å²) in [5.74, 6) is 0.176. The summed E-state index contributed by atoms with van der Waals surface area (Å²) in [7, 11) is 0. The molecule has 0 radical (unpaired) electrons. The van der Waals surface area contributed by atoms with Crippen LogP contribution in [-0.2, 0) is 16.8 Å². The predicted octanol–water partition coefficient (Wildman–Crippen LogP) is 4.46. The number of aryl methyl sites for hydroxylation is 2. The summed E-state index contributed by atoms with van der Waals surface area (Å²) in [5, 5.41) is 2.92. The van der Waals surface area contributed by atoms with Crippen molar-refractivity contribution in [3.8, 4) is 11.4 Å². The van der Waals surface area contributed by atoms with Crippen molar-refractivity contribution in [2.45, 2.75) is 45.6 Å². The normalized spacial score (nSPS) is 19.1. The number of ether oxygens (including phenoxy) is 1. The van der Waals surface area contributed by atoms with Crippen LogP contribution in [0.5, 0.6) is 5.75 Å². The van der Waals surface area contributed by atoms with Crippen LogP contribution in [0.25, 0.3) is 5.69 Å². The molecule has 0 saturated carbocycles. The Hall–Kier alpha value is -3.87. The van der Waals surface area contributed by atoms with Crippen molar-refractivity contribution in [3.63, 3.8) is 0 Å². The zero-order chi connectivity index (χ0) is 24.7. The Kier molecular flexibility index (Phi) is 5.71. The molecule has 1 aliphatic heterocycles. The molecule has 1 N–H and O–H groups in total. The van der Waals surface area contributed by atoms with Gasteiger partial charge in [0.2, 0.25) is 0 Å². The molecule has 1 aliphatic carbocycles. The number of ketones is 1. The van der Waals surface area contributed by atoms with E-state index in [0.29, 0.717) is 18.6 Å². The maximum Gasteiger partial charge on any atom is 0.325 e. The Morgan fingerprint density at radius 2 is 1.83 bits per heavy atom. The SMILES string of the molecule is CCOc1ccc(-n2c(C)cc(C(=O)CN3C(=O)NC4(CCCc5ccccc54)C3=O)c2C)cc1. The topological polar surface area (TPSA) is 80.6 Å². The zero-order valence-electron chi connectivity index (χ0n) is 20.3. The highest BCUT2D eigenvalue weighted by molar-refractivity contribution is 6.12. The van der Waals surface area contributed by atoms with E-state index in [2.05, 4.69) is 5.32 Å². The van der Waals surface area contributed by atoms with Crippen LogP contribution in [0.3, 0.4) is 0 Å². The number of amides is 3. The van der Waals surface area contributed by atoms with Crippen LogP contribution < -0.4 is 10.1 Å². The second kappa shape index (κ2) is 8.73. The van der Waals surface area contributed by atoms with Crippen LogP contribution >= 0.6 is 0 Å². The molecular formula is C28H29N3O4. The number of nitrogens with one attached hydrogen (secondary N) is 1. The van der Waals surface area contributed by atoms with Crippen LogP contribution in [0.1, 0.15) is 52.6 Å². The van der Waals surface area contributed by atoms with Crippen LogP contribution in [0, 0.1) is 13.8 Å². The third kappa shape index (κ3) is 3.71. The summed E-state index contributed by atoms with van der Waals surface area (Å²) in [6.45, 7) is 6.05. The number of benzene rings is 2. The number of aromatic nitrogens is 1. The van der Waals surface area contributed by atoms with Crippen molar-refractivity contribution in [1.29, 1.82) is 0 Å². The first-order valence-electron chi connectivity index (χ1n) is 12.0. The highest BCUT2D eigenvalue weighted by Gasteiger charge is 2.54. The van der Waals surface area contributed by atoms with E-state index in [0.717, 1.165) is 51.7 Å². The molecule has 7 nitrogen and oxygen atoms in total. The lowest BCUT2D eigenvalue weighted by Crippen LogP contribution is -2.46. The predicted molar refractivity (Wildman–Crippen MR) is 132 cm³/mol. The molecule has 1 atom stereocenters. The Morgan fingerprint density at radius 1 is 1.09 bits per heavy atom. The largest absolute Gasteiger partial charge is 0.494 e. The van der Waals surface area contributed by atoms with Gasteiger partial charge in [-0.2, -0.15) is 0 Å². The standard InChI is InChI=1S/C28H29N3O4/c1-4-35-22-13-11-21(12-14-22)31-18(2)16-23(19(31)3)25(32)17-30-26(33)28(29-27(30)34)15-7-9-20-8-5-6-10-24(20)28/h5-6,8,10-14,16H,4,7,9,15,17H2,1-3H3,(H,29,34). The van der Waals surface area contributed by atoms with Gasteiger partial charge in [-0.05, 0) is 81.5 Å². The number of Topliss-reactive ketones (excluding diaryl/α,β-unsaturated/α-hetero) is 1. The van der Waals surface area contributed by atoms with Gasteiger partial charge in [0.25, 0.3) is 5.91 Å². The average molecular weight is 472 g/mol. The van der Waals surface area contributed by atoms with E-state index in [1.54, 1.807) is 0 Å². The van der Waals surface area contributed by atoms with Gasteiger partial charge in [-0.1, -0.05) is 24.3 Å². The Morgan fingerprint density at radius 3 is 2.57 bits per heavy atom. The minimum absolute atomic E-state index is 0.264. The Balaban J connectivity index is 1.41. The molecule has 3 aromatic rings. The average Bonchev–Trinajstić information content (AvgIpc) is 3.28. The lowest BCUT2D eigenvalue weighted by molar-refractivity contribution is -0.131. The molecule has 5 rings (SSSR count). The minimum Gasteiger partial charge on any atom is -0.494 e. The maximum atomic E-state index is 13.6. The van der Waals surface area contributed by atoms with E-state index in [-0.39, 0.29) is 18.2 Å². The highest BCUT2D eigenvalue weighted by Crippen LogP contribution is 2.40. The van der Waals surface area contributed by atoms with Crippen molar-refractivity contribution < 1.29 is 19.1 Å². The van der Waals surface area contributed by atoms with Gasteiger partial charge < -0.3 is 14.6 Å². The molecule has 0 bridgehead atoms. The third-order valence-electron chi connectivity index (χ3n) is 7.09. The van der Waals surface area contributed by atoms with Gasteiger partial charge in [0.05, 0.1) is 13.2 Å². The van der Waals surface area contributed by atoms with Crippen molar-refractivity contribution in [3.05, 3.63) is 82.7 Å². The molecule has 1 aromatic heterocycles. The first-order valence-corrected chi connectivity index (χ1v) is 12.0. The van der Waals surface area contributed by atoms with Crippen molar-refractivity contribution >= 4 is 17.7 Å². The van der Waals surface area contributed by atoms with Gasteiger partial charge in [-0.3, -0.25) is 14.5 Å². The highest BCUT2D eigenvalue weighted by atomic mass is 16.5. The number of rotatable bonds is 6. The first-order chi connectivity index (χ1) is 16.9. The quantitative estimate of drug-likeness (QED) is 0.425. The van der Waals surface area contributed by atoms with Crippen molar-refractivity contribution in [2.75, 3.05) is 13.2 Å². The van der Waals surface area contributed by atoms with Crippen LogP contribution in [0.15, 0.2) is 54.6 Å². The van der Waals surface area contributed by atoms with E-state index >= 15 is 0 Å². The van der Waals surface area contributed by atoms with Gasteiger partial charge in [0.15, 0.2) is 5.78 Å². The lowest BCUT2D eigenvalue weighted by Gasteiger charge is -2.33. The van der Waals surface area contributed by atoms with E-state index in [1.807, 2.05) is 79.9 Å². The number of fused-ring (bicyclic) bond motifs is 2. The third-order valence-corrected chi connectivity index (χ3v) is 7.09. The molecule has 2 heterocycles. The summed E-state index contributed by atoms with van der Waals surface area (Å²) in [6.07, 6.45) is 2.21. The minimum atomic E-state index is -1.08. The van der Waals surface area contributed by atoms with Gasteiger partial charge in [0.1, 0.15) is 11.3 Å². The Bertz CT molecular complexity index is 1320. The second-order valence-electron chi connectivity index (χ2n) is 9.21. The summed E-state index contributed by atoms with van der Waals surface area (Å²) in [5.41, 5.74) is 3.90. The first kappa shape index (κ1) is 22.9. The number of carbonyl (C=O) groups excluding carboxylic acids is 3. The monoisotopic (exact) mass is 471 g/mol. The number of urea groups is 1. The lowest BCUT2D eigenvalue weighted by atomic mass is 9.76. The molecule has 1 unspecified atom stereocenters. The molecule has 1 saturated heterocycles. The number of nitrogens with zero attached hydrogens (tertiary/aromatic N) is 2. The number of carbonyl (C=O) groups is 3. The van der Waals surface area contributed by atoms with Gasteiger partial charge >= 0.3 is 6.03 Å². The molecule has 35 heavy (non-hydrogen) atoms. The fourth-order valence-corrected chi connectivity index (χ4v) is 5.48. The van der Waals surface area contributed by atoms with Crippen LogP contribution in [0.2, 0.25) is 0 Å².